The van der Waals surface area contributed by atoms with E-state index >= 15 is 0 Å². The Balaban J connectivity index is 0.00000512. The Morgan fingerprint density at radius 2 is 1.88 bits per heavy atom. The first kappa shape index (κ1) is 28.7. The van der Waals surface area contributed by atoms with Crippen molar-refractivity contribution < 1.29 is 18.9 Å². The number of hydrogen-bond acceptors (Lipinski definition) is 6. The fourth-order valence-corrected chi connectivity index (χ4v) is 3.62. The lowest BCUT2D eigenvalue weighted by Crippen LogP contribution is -2.42. The first-order valence-corrected chi connectivity index (χ1v) is 11.1. The number of nitrogens with one attached hydrogen (secondary N) is 2. The van der Waals surface area contributed by atoms with E-state index in [1.54, 1.807) is 21.3 Å². The number of aliphatic imine (C=N–C) groups is 1. The van der Waals surface area contributed by atoms with Gasteiger partial charge in [-0.2, -0.15) is 0 Å². The number of rotatable bonds is 12. The van der Waals surface area contributed by atoms with Crippen molar-refractivity contribution in [3.63, 3.8) is 0 Å². The molecule has 0 aromatic heterocycles. The highest BCUT2D eigenvalue weighted by Gasteiger charge is 2.17. The Morgan fingerprint density at radius 1 is 1.16 bits per heavy atom. The van der Waals surface area contributed by atoms with Crippen LogP contribution >= 0.6 is 24.0 Å². The Hall–Kier alpha value is -1.30. The van der Waals surface area contributed by atoms with E-state index in [2.05, 4.69) is 40.7 Å². The molecule has 2 rings (SSSR count). The van der Waals surface area contributed by atoms with E-state index < -0.39 is 0 Å². The molecule has 1 aromatic carbocycles. The fourth-order valence-electron chi connectivity index (χ4n) is 3.62. The van der Waals surface area contributed by atoms with Crippen LogP contribution in [0.2, 0.25) is 0 Å². The van der Waals surface area contributed by atoms with E-state index in [-0.39, 0.29) is 30.0 Å². The van der Waals surface area contributed by atoms with Crippen molar-refractivity contribution in [3.05, 3.63) is 23.8 Å². The highest BCUT2D eigenvalue weighted by atomic mass is 127. The van der Waals surface area contributed by atoms with Gasteiger partial charge in [0.25, 0.3) is 0 Å². The molecule has 1 unspecified atom stereocenters. The summed E-state index contributed by atoms with van der Waals surface area (Å²) in [4.78, 5) is 6.51. The number of likely N-dealkylation sites (N-methyl/N-ethyl adjacent to an activating group) is 1. The van der Waals surface area contributed by atoms with Gasteiger partial charge in [0.15, 0.2) is 17.5 Å². The second-order valence-electron chi connectivity index (χ2n) is 7.96. The van der Waals surface area contributed by atoms with Crippen LogP contribution in [-0.2, 0) is 9.47 Å². The van der Waals surface area contributed by atoms with Crippen molar-refractivity contribution in [1.29, 1.82) is 0 Å². The lowest BCUT2D eigenvalue weighted by molar-refractivity contribution is 0.0203. The summed E-state index contributed by atoms with van der Waals surface area (Å²) in [6, 6.07) is 6.19. The van der Waals surface area contributed by atoms with Crippen LogP contribution in [-0.4, -0.2) is 85.7 Å². The van der Waals surface area contributed by atoms with E-state index in [4.69, 9.17) is 18.9 Å². The molecule has 0 bridgehead atoms. The van der Waals surface area contributed by atoms with E-state index in [1.807, 2.05) is 12.1 Å². The molecule has 1 saturated heterocycles. The van der Waals surface area contributed by atoms with Crippen molar-refractivity contribution in [2.45, 2.75) is 25.3 Å². The lowest BCUT2D eigenvalue weighted by atomic mass is 10.0. The van der Waals surface area contributed by atoms with E-state index in [0.717, 1.165) is 75.3 Å². The average Bonchev–Trinajstić information content (AvgIpc) is 2.80. The molecule has 0 aliphatic carbocycles. The van der Waals surface area contributed by atoms with Crippen molar-refractivity contribution in [3.8, 4) is 11.5 Å². The maximum absolute atomic E-state index is 5.83. The monoisotopic (exact) mass is 564 g/mol. The molecule has 1 aliphatic heterocycles. The van der Waals surface area contributed by atoms with Gasteiger partial charge in [-0.25, -0.2) is 0 Å². The molecule has 9 heteroatoms. The fraction of sp³-hybridized carbons (Fsp3) is 0.696. The summed E-state index contributed by atoms with van der Waals surface area (Å²) in [5.41, 5.74) is 1.15. The largest absolute Gasteiger partial charge is 0.493 e. The molecule has 0 amide bonds. The van der Waals surface area contributed by atoms with Crippen LogP contribution < -0.4 is 20.1 Å². The van der Waals surface area contributed by atoms with Crippen LogP contribution in [0.5, 0.6) is 11.5 Å². The number of ether oxygens (including phenoxy) is 4. The maximum Gasteiger partial charge on any atom is 0.191 e. The molecule has 1 heterocycles. The maximum atomic E-state index is 5.83. The summed E-state index contributed by atoms with van der Waals surface area (Å²) < 4.78 is 22.0. The zero-order valence-electron chi connectivity index (χ0n) is 20.2. The molecule has 0 spiro atoms. The van der Waals surface area contributed by atoms with Gasteiger partial charge in [0, 0.05) is 46.6 Å². The van der Waals surface area contributed by atoms with Gasteiger partial charge in [-0.1, -0.05) is 6.07 Å². The Labute approximate surface area is 210 Å². The Bertz CT molecular complexity index is 669. The number of benzene rings is 1. The number of nitrogens with zero attached hydrogens (tertiary/aromatic N) is 2. The van der Waals surface area contributed by atoms with Gasteiger partial charge < -0.3 is 34.5 Å². The molecule has 2 N–H and O–H groups in total. The van der Waals surface area contributed by atoms with Crippen LogP contribution in [0, 0.1) is 5.92 Å². The molecule has 1 aliphatic rings. The van der Waals surface area contributed by atoms with Gasteiger partial charge >= 0.3 is 0 Å². The smallest absolute Gasteiger partial charge is 0.191 e. The second kappa shape index (κ2) is 16.3. The average molecular weight is 565 g/mol. The first-order chi connectivity index (χ1) is 15.1. The topological polar surface area (TPSA) is 76.6 Å². The molecule has 32 heavy (non-hydrogen) atoms. The molecule has 184 valence electrons. The highest BCUT2D eigenvalue weighted by molar-refractivity contribution is 14.0. The summed E-state index contributed by atoms with van der Waals surface area (Å²) in [6.45, 7) is 4.86. The number of methoxy groups -OCH3 is 2. The summed E-state index contributed by atoms with van der Waals surface area (Å²) in [6.07, 6.45) is 3.17. The second-order valence-corrected chi connectivity index (χ2v) is 7.96. The molecular weight excluding hydrogens is 523 g/mol. The standard InChI is InChI=1S/C23H40N4O4.HI/c1-24-23(25-11-6-12-31-17-18-9-13-30-14-10-18)26-16-20(27(2)3)19-7-8-21(28-4)22(15-19)29-5;/h7-8,15,18,20H,6,9-14,16-17H2,1-5H3,(H2,24,25,26);1H. The van der Waals surface area contributed by atoms with E-state index in [0.29, 0.717) is 12.5 Å². The van der Waals surface area contributed by atoms with Gasteiger partial charge in [-0.3, -0.25) is 4.99 Å². The van der Waals surface area contributed by atoms with E-state index in [1.165, 1.54) is 0 Å². The van der Waals surface area contributed by atoms with Gasteiger partial charge in [0.2, 0.25) is 0 Å². The van der Waals surface area contributed by atoms with Crippen LogP contribution in [0.4, 0.5) is 0 Å². The molecule has 8 nitrogen and oxygen atoms in total. The normalized spacial score (nSPS) is 15.8. The van der Waals surface area contributed by atoms with Crippen molar-refractivity contribution in [2.24, 2.45) is 10.9 Å². The molecule has 1 fully saturated rings. The van der Waals surface area contributed by atoms with Gasteiger partial charge in [-0.15, -0.1) is 24.0 Å². The third-order valence-corrected chi connectivity index (χ3v) is 5.55. The first-order valence-electron chi connectivity index (χ1n) is 11.1. The summed E-state index contributed by atoms with van der Waals surface area (Å²) in [7, 11) is 9.22. The molecule has 0 radical (unpaired) electrons. The third-order valence-electron chi connectivity index (χ3n) is 5.55. The predicted octanol–water partition coefficient (Wildman–Crippen LogP) is 2.92. The highest BCUT2D eigenvalue weighted by Crippen LogP contribution is 2.31. The minimum atomic E-state index is 0. The Kier molecular flexibility index (Phi) is 14.7. The quantitative estimate of drug-likeness (QED) is 0.175. The van der Waals surface area contributed by atoms with Crippen LogP contribution in [0.3, 0.4) is 0 Å². The van der Waals surface area contributed by atoms with Crippen molar-refractivity contribution >= 4 is 29.9 Å². The van der Waals surface area contributed by atoms with Crippen molar-refractivity contribution in [1.82, 2.24) is 15.5 Å². The third kappa shape index (κ3) is 9.68. The summed E-state index contributed by atoms with van der Waals surface area (Å²) in [5, 5.41) is 6.80. The van der Waals surface area contributed by atoms with Crippen LogP contribution in [0.1, 0.15) is 30.9 Å². The van der Waals surface area contributed by atoms with Crippen LogP contribution in [0.15, 0.2) is 23.2 Å². The Morgan fingerprint density at radius 3 is 2.50 bits per heavy atom. The lowest BCUT2D eigenvalue weighted by Gasteiger charge is -2.26. The minimum absolute atomic E-state index is 0. The van der Waals surface area contributed by atoms with Crippen LogP contribution in [0.25, 0.3) is 0 Å². The van der Waals surface area contributed by atoms with Gasteiger partial charge in [0.1, 0.15) is 0 Å². The molecular formula is C23H41IN4O4. The summed E-state index contributed by atoms with van der Waals surface area (Å²) in [5.74, 6) is 2.90. The molecule has 0 saturated carbocycles. The van der Waals surface area contributed by atoms with E-state index in [9.17, 15) is 0 Å². The number of halogens is 1. The number of guanidine groups is 1. The number of hydrogen-bond donors (Lipinski definition) is 2. The van der Waals surface area contributed by atoms with Gasteiger partial charge in [0.05, 0.1) is 20.3 Å². The van der Waals surface area contributed by atoms with Crippen molar-refractivity contribution in [2.75, 3.05) is 74.9 Å². The van der Waals surface area contributed by atoms with Gasteiger partial charge in [-0.05, 0) is 57.0 Å². The minimum Gasteiger partial charge on any atom is -0.493 e. The molecule has 1 atom stereocenters. The zero-order chi connectivity index (χ0) is 22.5. The zero-order valence-corrected chi connectivity index (χ0v) is 22.5. The SMILES string of the molecule is CN=C(NCCCOCC1CCOCC1)NCC(c1ccc(OC)c(OC)c1)N(C)C.I. The predicted molar refractivity (Wildman–Crippen MR) is 140 cm³/mol. The summed E-state index contributed by atoms with van der Waals surface area (Å²) >= 11 is 0. The molecule has 1 aromatic rings.